The van der Waals surface area contributed by atoms with E-state index in [-0.39, 0.29) is 12.2 Å². The zero-order chi connectivity index (χ0) is 14.5. The van der Waals surface area contributed by atoms with Gasteiger partial charge in [0.15, 0.2) is 0 Å². The van der Waals surface area contributed by atoms with E-state index in [1.807, 2.05) is 0 Å². The van der Waals surface area contributed by atoms with Crippen LogP contribution in [-0.2, 0) is 0 Å². The number of hydrogen-bond acceptors (Lipinski definition) is 4. The molecule has 0 aliphatic rings. The molecule has 0 spiro atoms. The minimum Gasteiger partial charge on any atom is -0.328 e. The summed E-state index contributed by atoms with van der Waals surface area (Å²) in [4.78, 5) is 16.4. The van der Waals surface area contributed by atoms with Gasteiger partial charge in [-0.15, -0.1) is 0 Å². The van der Waals surface area contributed by atoms with Crippen LogP contribution in [0.3, 0.4) is 0 Å². The first-order chi connectivity index (χ1) is 8.87. The lowest BCUT2D eigenvalue weighted by molar-refractivity contribution is -0.140. The van der Waals surface area contributed by atoms with Gasteiger partial charge in [-0.1, -0.05) is 6.92 Å². The molecule has 1 heterocycles. The summed E-state index contributed by atoms with van der Waals surface area (Å²) in [6, 6.07) is 2.80. The van der Waals surface area contributed by atoms with Crippen LogP contribution < -0.4 is 11.3 Å². The summed E-state index contributed by atoms with van der Waals surface area (Å²) in [5.41, 5.74) is 2.74. The molecule has 0 bridgehead atoms. The number of carbonyl (C=O) groups is 1. The van der Waals surface area contributed by atoms with Crippen LogP contribution in [0.5, 0.6) is 0 Å². The molecular weight excluding hydrogens is 261 g/mol. The molecule has 1 aromatic heterocycles. The Labute approximate surface area is 108 Å². The van der Waals surface area contributed by atoms with E-state index in [1.54, 1.807) is 6.92 Å². The third-order valence-electron chi connectivity index (χ3n) is 2.30. The second kappa shape index (κ2) is 6.37. The molecule has 0 saturated heterocycles. The Hall–Kier alpha value is -1.83. The largest absolute Gasteiger partial charge is 0.406 e. The highest BCUT2D eigenvalue weighted by molar-refractivity contribution is 5.92. The number of hydrazine groups is 1. The minimum atomic E-state index is -4.43. The number of aromatic nitrogens is 1. The quantitative estimate of drug-likeness (QED) is 0.635. The molecule has 0 radical (unpaired) electrons. The molecule has 0 aliphatic heterocycles. The standard InChI is InChI=1S/C11H15F3N4O/c1-2-5-18(7-11(12,13)14)10(19)9-4-3-8(17-15)6-16-9/h3-4,6,17H,2,5,7,15H2,1H3. The Balaban J connectivity index is 2.85. The number of amides is 1. The number of hydrogen-bond donors (Lipinski definition) is 2. The lowest BCUT2D eigenvalue weighted by atomic mass is 10.2. The van der Waals surface area contributed by atoms with Crippen LogP contribution in [0.25, 0.3) is 0 Å². The molecule has 1 rings (SSSR count). The molecule has 0 atom stereocenters. The zero-order valence-corrected chi connectivity index (χ0v) is 10.4. The average Bonchev–Trinajstić information content (AvgIpc) is 2.36. The van der Waals surface area contributed by atoms with Crippen LogP contribution >= 0.6 is 0 Å². The molecule has 1 amide bonds. The summed E-state index contributed by atoms with van der Waals surface area (Å²) in [6.45, 7) is 0.445. The highest BCUT2D eigenvalue weighted by Crippen LogP contribution is 2.18. The topological polar surface area (TPSA) is 71.2 Å². The number of halogens is 3. The van der Waals surface area contributed by atoms with Crippen molar-refractivity contribution >= 4 is 11.6 Å². The Morgan fingerprint density at radius 1 is 1.47 bits per heavy atom. The van der Waals surface area contributed by atoms with Gasteiger partial charge < -0.3 is 10.3 Å². The molecule has 0 saturated carbocycles. The molecule has 0 aromatic carbocycles. The summed E-state index contributed by atoms with van der Waals surface area (Å²) < 4.78 is 37.1. The molecular formula is C11H15F3N4O. The van der Waals surface area contributed by atoms with E-state index in [9.17, 15) is 18.0 Å². The van der Waals surface area contributed by atoms with Crippen LogP contribution in [0.4, 0.5) is 18.9 Å². The van der Waals surface area contributed by atoms with Crippen molar-refractivity contribution in [1.29, 1.82) is 0 Å². The Morgan fingerprint density at radius 3 is 2.58 bits per heavy atom. The summed E-state index contributed by atoms with van der Waals surface area (Å²) in [5, 5.41) is 0. The van der Waals surface area contributed by atoms with Gasteiger partial charge in [0.25, 0.3) is 5.91 Å². The van der Waals surface area contributed by atoms with E-state index in [4.69, 9.17) is 5.84 Å². The molecule has 0 aliphatic carbocycles. The number of carbonyl (C=O) groups excluding carboxylic acids is 1. The monoisotopic (exact) mass is 276 g/mol. The first kappa shape index (κ1) is 15.2. The van der Waals surface area contributed by atoms with Gasteiger partial charge in [0, 0.05) is 6.54 Å². The number of nitrogen functional groups attached to an aromatic ring is 1. The zero-order valence-electron chi connectivity index (χ0n) is 10.4. The van der Waals surface area contributed by atoms with Crippen molar-refractivity contribution in [2.24, 2.45) is 5.84 Å². The average molecular weight is 276 g/mol. The van der Waals surface area contributed by atoms with E-state index in [0.29, 0.717) is 12.1 Å². The molecule has 3 N–H and O–H groups in total. The van der Waals surface area contributed by atoms with Crippen molar-refractivity contribution in [3.63, 3.8) is 0 Å². The third kappa shape index (κ3) is 4.74. The van der Waals surface area contributed by atoms with E-state index < -0.39 is 18.6 Å². The summed E-state index contributed by atoms with van der Waals surface area (Å²) in [6.07, 6.45) is -2.71. The Bertz CT molecular complexity index is 419. The van der Waals surface area contributed by atoms with Gasteiger partial charge in [0.2, 0.25) is 0 Å². The predicted molar refractivity (Wildman–Crippen MR) is 64.3 cm³/mol. The molecule has 5 nitrogen and oxygen atoms in total. The number of pyridine rings is 1. The number of nitrogens with zero attached hydrogens (tertiary/aromatic N) is 2. The van der Waals surface area contributed by atoms with Gasteiger partial charge in [-0.3, -0.25) is 10.6 Å². The van der Waals surface area contributed by atoms with Gasteiger partial charge in [0.05, 0.1) is 11.9 Å². The third-order valence-corrected chi connectivity index (χ3v) is 2.30. The van der Waals surface area contributed by atoms with Crippen LogP contribution in [0, 0.1) is 0 Å². The van der Waals surface area contributed by atoms with E-state index in [1.165, 1.54) is 18.3 Å². The lowest BCUT2D eigenvalue weighted by Gasteiger charge is -2.23. The molecule has 106 valence electrons. The van der Waals surface area contributed by atoms with Crippen molar-refractivity contribution in [2.45, 2.75) is 19.5 Å². The first-order valence-electron chi connectivity index (χ1n) is 5.66. The summed E-state index contributed by atoms with van der Waals surface area (Å²) in [5.74, 6) is 4.39. The molecule has 0 unspecified atom stereocenters. The summed E-state index contributed by atoms with van der Waals surface area (Å²) in [7, 11) is 0. The van der Waals surface area contributed by atoms with E-state index in [0.717, 1.165) is 4.90 Å². The molecule has 8 heteroatoms. The minimum absolute atomic E-state index is 0.0247. The Morgan fingerprint density at radius 2 is 2.16 bits per heavy atom. The van der Waals surface area contributed by atoms with Gasteiger partial charge in [-0.2, -0.15) is 13.2 Å². The maximum absolute atomic E-state index is 12.4. The Kier molecular flexibility index (Phi) is 5.11. The van der Waals surface area contributed by atoms with E-state index >= 15 is 0 Å². The fourth-order valence-electron chi connectivity index (χ4n) is 1.51. The number of anilines is 1. The smallest absolute Gasteiger partial charge is 0.328 e. The second-order valence-electron chi connectivity index (χ2n) is 3.92. The molecule has 19 heavy (non-hydrogen) atoms. The molecule has 1 aromatic rings. The van der Waals surface area contributed by atoms with Gasteiger partial charge in [-0.05, 0) is 18.6 Å². The van der Waals surface area contributed by atoms with Crippen molar-refractivity contribution in [3.8, 4) is 0 Å². The number of nitrogens with one attached hydrogen (secondary N) is 1. The predicted octanol–water partition coefficient (Wildman–Crippen LogP) is 1.78. The van der Waals surface area contributed by atoms with Crippen LogP contribution in [0.1, 0.15) is 23.8 Å². The summed E-state index contributed by atoms with van der Waals surface area (Å²) >= 11 is 0. The maximum Gasteiger partial charge on any atom is 0.406 e. The van der Waals surface area contributed by atoms with Crippen LogP contribution in [0.15, 0.2) is 18.3 Å². The van der Waals surface area contributed by atoms with E-state index in [2.05, 4.69) is 10.4 Å². The fraction of sp³-hybridized carbons (Fsp3) is 0.455. The highest BCUT2D eigenvalue weighted by Gasteiger charge is 2.33. The maximum atomic E-state index is 12.4. The van der Waals surface area contributed by atoms with Crippen molar-refractivity contribution in [1.82, 2.24) is 9.88 Å². The lowest BCUT2D eigenvalue weighted by Crippen LogP contribution is -2.39. The van der Waals surface area contributed by atoms with Gasteiger partial charge >= 0.3 is 6.18 Å². The fourth-order valence-corrected chi connectivity index (χ4v) is 1.51. The van der Waals surface area contributed by atoms with Gasteiger partial charge in [-0.25, -0.2) is 4.98 Å². The van der Waals surface area contributed by atoms with Crippen LogP contribution in [-0.4, -0.2) is 35.1 Å². The highest BCUT2D eigenvalue weighted by atomic mass is 19.4. The van der Waals surface area contributed by atoms with Crippen molar-refractivity contribution in [2.75, 3.05) is 18.5 Å². The SMILES string of the molecule is CCCN(CC(F)(F)F)C(=O)c1ccc(NN)cn1. The first-order valence-corrected chi connectivity index (χ1v) is 5.66. The number of rotatable bonds is 5. The van der Waals surface area contributed by atoms with Crippen molar-refractivity contribution < 1.29 is 18.0 Å². The van der Waals surface area contributed by atoms with Gasteiger partial charge in [0.1, 0.15) is 12.2 Å². The van der Waals surface area contributed by atoms with Crippen molar-refractivity contribution in [3.05, 3.63) is 24.0 Å². The van der Waals surface area contributed by atoms with Crippen LogP contribution in [0.2, 0.25) is 0 Å². The number of nitrogens with two attached hydrogens (primary N) is 1. The molecule has 0 fully saturated rings. The number of alkyl halides is 3. The second-order valence-corrected chi connectivity index (χ2v) is 3.92. The normalized spacial score (nSPS) is 11.2.